The van der Waals surface area contributed by atoms with Gasteiger partial charge < -0.3 is 15.3 Å². The number of aliphatic carboxylic acids is 1. The van der Waals surface area contributed by atoms with E-state index in [-0.39, 0.29) is 23.5 Å². The largest absolute Gasteiger partial charge is 0.481 e. The van der Waals surface area contributed by atoms with Crippen molar-refractivity contribution in [2.75, 3.05) is 31.1 Å². The summed E-state index contributed by atoms with van der Waals surface area (Å²) in [6, 6.07) is 6.73. The molecule has 25 heavy (non-hydrogen) atoms. The average Bonchev–Trinajstić information content (AvgIpc) is 2.61. The minimum atomic E-state index is -0.861. The Labute approximate surface area is 155 Å². The number of carbonyl (C=O) groups excluding carboxylic acids is 2. The van der Waals surface area contributed by atoms with Gasteiger partial charge in [0.2, 0.25) is 5.91 Å². The fourth-order valence-corrected chi connectivity index (χ4v) is 3.39. The molecule has 1 aliphatic heterocycles. The average molecular weight is 385 g/mol. The second kappa shape index (κ2) is 9.68. The van der Waals surface area contributed by atoms with E-state index in [9.17, 15) is 14.4 Å². The Bertz CT molecular complexity index is 624. The molecule has 1 aromatic rings. The third kappa shape index (κ3) is 6.25. The summed E-state index contributed by atoms with van der Waals surface area (Å²) < 4.78 is 0. The van der Waals surface area contributed by atoms with Crippen molar-refractivity contribution in [1.82, 2.24) is 10.2 Å². The lowest BCUT2D eigenvalue weighted by atomic mass is 9.96. The van der Waals surface area contributed by atoms with Crippen molar-refractivity contribution >= 4 is 41.1 Å². The topological polar surface area (TPSA) is 86.7 Å². The van der Waals surface area contributed by atoms with Gasteiger partial charge in [-0.15, -0.1) is 11.8 Å². The van der Waals surface area contributed by atoms with Crippen molar-refractivity contribution in [2.24, 2.45) is 5.92 Å². The SMILES string of the molecule is O=C(O)CSCCNC(=O)C1CCCN(C(=O)c2ccc(Cl)cc2)C1. The molecule has 0 radical (unpaired) electrons. The molecule has 2 amide bonds. The normalized spacial score (nSPS) is 17.2. The number of benzene rings is 1. The predicted molar refractivity (Wildman–Crippen MR) is 98.1 cm³/mol. The Hall–Kier alpha value is -1.73. The molecule has 2 rings (SSSR count). The Balaban J connectivity index is 1.81. The molecule has 1 saturated heterocycles. The summed E-state index contributed by atoms with van der Waals surface area (Å²) in [4.78, 5) is 36.9. The molecule has 1 unspecified atom stereocenters. The highest BCUT2D eigenvalue weighted by Crippen LogP contribution is 2.20. The lowest BCUT2D eigenvalue weighted by Gasteiger charge is -2.32. The molecule has 1 atom stereocenters. The highest BCUT2D eigenvalue weighted by Gasteiger charge is 2.28. The molecule has 136 valence electrons. The molecular weight excluding hydrogens is 364 g/mol. The fourth-order valence-electron chi connectivity index (χ4n) is 2.70. The zero-order valence-corrected chi connectivity index (χ0v) is 15.3. The van der Waals surface area contributed by atoms with Crippen LogP contribution in [-0.4, -0.2) is 58.9 Å². The molecule has 8 heteroatoms. The monoisotopic (exact) mass is 384 g/mol. The van der Waals surface area contributed by atoms with E-state index >= 15 is 0 Å². The predicted octanol–water partition coefficient (Wildman–Crippen LogP) is 2.13. The van der Waals surface area contributed by atoms with Gasteiger partial charge in [-0.3, -0.25) is 14.4 Å². The van der Waals surface area contributed by atoms with Crippen molar-refractivity contribution < 1.29 is 19.5 Å². The van der Waals surface area contributed by atoms with Gasteiger partial charge in [0.25, 0.3) is 5.91 Å². The second-order valence-electron chi connectivity index (χ2n) is 5.83. The van der Waals surface area contributed by atoms with Crippen LogP contribution in [0.5, 0.6) is 0 Å². The summed E-state index contributed by atoms with van der Waals surface area (Å²) in [5.41, 5.74) is 0.565. The van der Waals surface area contributed by atoms with Crippen molar-refractivity contribution in [3.63, 3.8) is 0 Å². The van der Waals surface area contributed by atoms with E-state index in [2.05, 4.69) is 5.32 Å². The first-order chi connectivity index (χ1) is 12.0. The van der Waals surface area contributed by atoms with Gasteiger partial charge in [0.05, 0.1) is 11.7 Å². The summed E-state index contributed by atoms with van der Waals surface area (Å²) in [5, 5.41) is 12.0. The summed E-state index contributed by atoms with van der Waals surface area (Å²) in [5.74, 6) is -0.675. The maximum absolute atomic E-state index is 12.5. The molecule has 0 saturated carbocycles. The summed E-state index contributed by atoms with van der Waals surface area (Å²) in [6.45, 7) is 1.47. The number of carboxylic acids is 1. The van der Waals surface area contributed by atoms with E-state index in [4.69, 9.17) is 16.7 Å². The summed E-state index contributed by atoms with van der Waals surface area (Å²) >= 11 is 7.11. The number of piperidine rings is 1. The Morgan fingerprint density at radius 1 is 1.28 bits per heavy atom. The molecule has 1 aliphatic rings. The van der Waals surface area contributed by atoms with E-state index in [0.717, 1.165) is 12.8 Å². The molecule has 1 fully saturated rings. The van der Waals surface area contributed by atoms with Gasteiger partial charge in [-0.1, -0.05) is 11.6 Å². The fraction of sp³-hybridized carbons (Fsp3) is 0.471. The zero-order chi connectivity index (χ0) is 18.2. The van der Waals surface area contributed by atoms with Gasteiger partial charge in [-0.25, -0.2) is 0 Å². The van der Waals surface area contributed by atoms with Crippen molar-refractivity contribution in [2.45, 2.75) is 12.8 Å². The molecule has 0 aliphatic carbocycles. The van der Waals surface area contributed by atoms with Crippen molar-refractivity contribution in [3.05, 3.63) is 34.9 Å². The van der Waals surface area contributed by atoms with Gasteiger partial charge >= 0.3 is 5.97 Å². The molecular formula is C17H21ClN2O4S. The first-order valence-electron chi connectivity index (χ1n) is 8.09. The van der Waals surface area contributed by atoms with Crippen LogP contribution in [-0.2, 0) is 9.59 Å². The number of hydrogen-bond donors (Lipinski definition) is 2. The van der Waals surface area contributed by atoms with Crippen LogP contribution in [0.3, 0.4) is 0 Å². The lowest BCUT2D eigenvalue weighted by Crippen LogP contribution is -2.45. The highest BCUT2D eigenvalue weighted by atomic mass is 35.5. The number of rotatable bonds is 7. The number of hydrogen-bond acceptors (Lipinski definition) is 4. The van der Waals surface area contributed by atoms with E-state index in [1.54, 1.807) is 29.2 Å². The van der Waals surface area contributed by atoms with E-state index < -0.39 is 5.97 Å². The number of carbonyl (C=O) groups is 3. The Morgan fingerprint density at radius 3 is 2.68 bits per heavy atom. The molecule has 6 nitrogen and oxygen atoms in total. The summed E-state index contributed by atoms with van der Waals surface area (Å²) in [7, 11) is 0. The highest BCUT2D eigenvalue weighted by molar-refractivity contribution is 7.99. The third-order valence-corrected chi connectivity index (χ3v) is 5.14. The zero-order valence-electron chi connectivity index (χ0n) is 13.7. The lowest BCUT2D eigenvalue weighted by molar-refractivity contribution is -0.134. The number of nitrogens with zero attached hydrogens (tertiary/aromatic N) is 1. The quantitative estimate of drug-likeness (QED) is 0.703. The van der Waals surface area contributed by atoms with Gasteiger partial charge in [0.1, 0.15) is 0 Å². The molecule has 0 aromatic heterocycles. The van der Waals surface area contributed by atoms with Gasteiger partial charge in [0.15, 0.2) is 0 Å². The Kier molecular flexibility index (Phi) is 7.58. The molecule has 1 aromatic carbocycles. The first kappa shape index (κ1) is 19.6. The van der Waals surface area contributed by atoms with E-state index in [1.807, 2.05) is 0 Å². The third-order valence-electron chi connectivity index (χ3n) is 3.94. The smallest absolute Gasteiger partial charge is 0.313 e. The second-order valence-corrected chi connectivity index (χ2v) is 7.38. The summed E-state index contributed by atoms with van der Waals surface area (Å²) in [6.07, 6.45) is 1.53. The number of amides is 2. The first-order valence-corrected chi connectivity index (χ1v) is 9.62. The van der Waals surface area contributed by atoms with Crippen LogP contribution in [0, 0.1) is 5.92 Å². The van der Waals surface area contributed by atoms with Crippen molar-refractivity contribution in [1.29, 1.82) is 0 Å². The number of thioether (sulfide) groups is 1. The van der Waals surface area contributed by atoms with Crippen LogP contribution in [0.25, 0.3) is 0 Å². The van der Waals surface area contributed by atoms with E-state index in [0.29, 0.717) is 36.0 Å². The molecule has 0 bridgehead atoms. The van der Waals surface area contributed by atoms with Gasteiger partial charge in [-0.2, -0.15) is 0 Å². The van der Waals surface area contributed by atoms with E-state index in [1.165, 1.54) is 11.8 Å². The van der Waals surface area contributed by atoms with Crippen molar-refractivity contribution in [3.8, 4) is 0 Å². The van der Waals surface area contributed by atoms with Crippen LogP contribution in [0.2, 0.25) is 5.02 Å². The van der Waals surface area contributed by atoms with Crippen LogP contribution in [0.4, 0.5) is 0 Å². The minimum absolute atomic E-state index is 0.0304. The number of nitrogens with one attached hydrogen (secondary N) is 1. The number of carboxylic acid groups (broad SMARTS) is 1. The maximum Gasteiger partial charge on any atom is 0.313 e. The number of halogens is 1. The molecule has 1 heterocycles. The molecule has 2 N–H and O–H groups in total. The number of likely N-dealkylation sites (tertiary alicyclic amines) is 1. The minimum Gasteiger partial charge on any atom is -0.481 e. The van der Waals surface area contributed by atoms with Crippen LogP contribution < -0.4 is 5.32 Å². The van der Waals surface area contributed by atoms with Gasteiger partial charge in [-0.05, 0) is 37.1 Å². The Morgan fingerprint density at radius 2 is 2.00 bits per heavy atom. The van der Waals surface area contributed by atoms with Crippen LogP contribution in [0.1, 0.15) is 23.2 Å². The maximum atomic E-state index is 12.5. The molecule has 0 spiro atoms. The van der Waals surface area contributed by atoms with Crippen LogP contribution in [0.15, 0.2) is 24.3 Å². The van der Waals surface area contributed by atoms with Gasteiger partial charge in [0, 0.05) is 36.0 Å². The standard InChI is InChI=1S/C17H21ClN2O4S/c18-14-5-3-12(4-6-14)17(24)20-8-1-2-13(10-20)16(23)19-7-9-25-11-15(21)22/h3-6,13H,1-2,7-11H2,(H,19,23)(H,21,22). The van der Waals surface area contributed by atoms with Crippen LogP contribution >= 0.6 is 23.4 Å².